The zero-order chi connectivity index (χ0) is 17.6. The molecule has 0 fully saturated rings. The molecule has 128 valence electrons. The second-order valence-corrected chi connectivity index (χ2v) is 5.53. The standard InChI is InChI=1S/C20H18FNO3/c1-2-14-7-3-6-10-17(14)25-20(23)12-11-19-22-13-18(24-19)15-8-4-5-9-16(15)21/h3-10,13H,2,11-12H2,1H3. The molecule has 0 spiro atoms. The number of hydrogen-bond acceptors (Lipinski definition) is 4. The van der Waals surface area contributed by atoms with Crippen LogP contribution >= 0.6 is 0 Å². The summed E-state index contributed by atoms with van der Waals surface area (Å²) in [6.07, 6.45) is 2.68. The van der Waals surface area contributed by atoms with Crippen LogP contribution in [0.1, 0.15) is 24.8 Å². The van der Waals surface area contributed by atoms with E-state index in [0.717, 1.165) is 12.0 Å². The van der Waals surface area contributed by atoms with Crippen molar-refractivity contribution in [2.75, 3.05) is 0 Å². The van der Waals surface area contributed by atoms with Crippen LogP contribution in [-0.4, -0.2) is 11.0 Å². The number of carbonyl (C=O) groups is 1. The van der Waals surface area contributed by atoms with Crippen LogP contribution in [0.15, 0.2) is 59.1 Å². The first-order valence-corrected chi connectivity index (χ1v) is 8.15. The van der Waals surface area contributed by atoms with Gasteiger partial charge < -0.3 is 9.15 Å². The van der Waals surface area contributed by atoms with Gasteiger partial charge in [0, 0.05) is 6.42 Å². The predicted octanol–water partition coefficient (Wildman–Crippen LogP) is 4.58. The van der Waals surface area contributed by atoms with Crippen molar-refractivity contribution in [1.82, 2.24) is 4.98 Å². The van der Waals surface area contributed by atoms with Crippen molar-refractivity contribution in [3.05, 3.63) is 72.0 Å². The summed E-state index contributed by atoms with van der Waals surface area (Å²) < 4.78 is 24.7. The minimum Gasteiger partial charge on any atom is -0.441 e. The molecule has 25 heavy (non-hydrogen) atoms. The highest BCUT2D eigenvalue weighted by Gasteiger charge is 2.13. The van der Waals surface area contributed by atoms with E-state index in [-0.39, 0.29) is 18.2 Å². The molecule has 0 aliphatic carbocycles. The van der Waals surface area contributed by atoms with Crippen molar-refractivity contribution in [3.8, 4) is 17.1 Å². The SMILES string of the molecule is CCc1ccccc1OC(=O)CCc1ncc(-c2ccccc2F)o1. The zero-order valence-electron chi connectivity index (χ0n) is 13.9. The Labute approximate surface area is 145 Å². The number of para-hydroxylation sites is 1. The molecule has 0 saturated heterocycles. The summed E-state index contributed by atoms with van der Waals surface area (Å²) >= 11 is 0. The molecule has 1 aromatic heterocycles. The molecule has 0 N–H and O–H groups in total. The lowest BCUT2D eigenvalue weighted by Crippen LogP contribution is -2.10. The third-order valence-corrected chi connectivity index (χ3v) is 3.81. The van der Waals surface area contributed by atoms with E-state index in [4.69, 9.17) is 9.15 Å². The molecule has 0 atom stereocenters. The number of halogens is 1. The first kappa shape index (κ1) is 16.9. The summed E-state index contributed by atoms with van der Waals surface area (Å²) in [4.78, 5) is 16.1. The van der Waals surface area contributed by atoms with Gasteiger partial charge in [-0.1, -0.05) is 37.3 Å². The third-order valence-electron chi connectivity index (χ3n) is 3.81. The molecule has 0 aliphatic heterocycles. The van der Waals surface area contributed by atoms with Crippen molar-refractivity contribution >= 4 is 5.97 Å². The van der Waals surface area contributed by atoms with Crippen molar-refractivity contribution in [2.24, 2.45) is 0 Å². The normalized spacial score (nSPS) is 10.6. The highest BCUT2D eigenvalue weighted by Crippen LogP contribution is 2.24. The fourth-order valence-electron chi connectivity index (χ4n) is 2.49. The van der Waals surface area contributed by atoms with Gasteiger partial charge in [0.1, 0.15) is 11.6 Å². The first-order valence-electron chi connectivity index (χ1n) is 8.15. The zero-order valence-corrected chi connectivity index (χ0v) is 13.9. The second kappa shape index (κ2) is 7.75. The van der Waals surface area contributed by atoms with Crippen LogP contribution in [0, 0.1) is 5.82 Å². The van der Waals surface area contributed by atoms with Crippen LogP contribution in [0.5, 0.6) is 5.75 Å². The van der Waals surface area contributed by atoms with Crippen LogP contribution in [0.4, 0.5) is 4.39 Å². The highest BCUT2D eigenvalue weighted by molar-refractivity contribution is 5.73. The van der Waals surface area contributed by atoms with Crippen molar-refractivity contribution in [1.29, 1.82) is 0 Å². The Morgan fingerprint density at radius 3 is 2.72 bits per heavy atom. The smallest absolute Gasteiger partial charge is 0.311 e. The van der Waals surface area contributed by atoms with Gasteiger partial charge in [0.05, 0.1) is 18.2 Å². The van der Waals surface area contributed by atoms with Crippen LogP contribution in [0.2, 0.25) is 0 Å². The molecule has 3 aromatic rings. The van der Waals surface area contributed by atoms with Gasteiger partial charge in [-0.3, -0.25) is 4.79 Å². The fraction of sp³-hybridized carbons (Fsp3) is 0.200. The number of rotatable bonds is 6. The van der Waals surface area contributed by atoms with E-state index in [2.05, 4.69) is 4.98 Å². The predicted molar refractivity (Wildman–Crippen MR) is 91.7 cm³/mol. The Morgan fingerprint density at radius 1 is 1.16 bits per heavy atom. The van der Waals surface area contributed by atoms with Gasteiger partial charge in [0.15, 0.2) is 11.7 Å². The number of ether oxygens (including phenoxy) is 1. The van der Waals surface area contributed by atoms with Gasteiger partial charge in [-0.05, 0) is 30.2 Å². The minimum absolute atomic E-state index is 0.134. The summed E-state index contributed by atoms with van der Waals surface area (Å²) in [5.74, 6) is 0.568. The maximum Gasteiger partial charge on any atom is 0.311 e. The van der Waals surface area contributed by atoms with Gasteiger partial charge in [-0.25, -0.2) is 9.37 Å². The summed E-state index contributed by atoms with van der Waals surface area (Å²) in [6, 6.07) is 13.8. The van der Waals surface area contributed by atoms with Crippen LogP contribution < -0.4 is 4.74 Å². The van der Waals surface area contributed by atoms with E-state index in [1.807, 2.05) is 25.1 Å². The van der Waals surface area contributed by atoms with Crippen molar-refractivity contribution in [2.45, 2.75) is 26.2 Å². The molecule has 0 unspecified atom stereocenters. The summed E-state index contributed by atoms with van der Waals surface area (Å²) in [5.41, 5.74) is 1.33. The number of nitrogens with zero attached hydrogens (tertiary/aromatic N) is 1. The number of aromatic nitrogens is 1. The van der Waals surface area contributed by atoms with Crippen molar-refractivity contribution < 1.29 is 18.3 Å². The van der Waals surface area contributed by atoms with Gasteiger partial charge >= 0.3 is 5.97 Å². The van der Waals surface area contributed by atoms with Gasteiger partial charge in [0.25, 0.3) is 0 Å². The molecular formula is C20H18FNO3. The first-order chi connectivity index (χ1) is 12.2. The number of esters is 1. The second-order valence-electron chi connectivity index (χ2n) is 5.53. The number of aryl methyl sites for hydroxylation is 2. The van der Waals surface area contributed by atoms with Gasteiger partial charge in [-0.2, -0.15) is 0 Å². The Hall–Kier alpha value is -2.95. The molecule has 3 rings (SSSR count). The summed E-state index contributed by atoms with van der Waals surface area (Å²) in [7, 11) is 0. The van der Waals surface area contributed by atoms with Crippen LogP contribution in [0.25, 0.3) is 11.3 Å². The average Bonchev–Trinajstić information content (AvgIpc) is 3.09. The molecular weight excluding hydrogens is 321 g/mol. The van der Waals surface area contributed by atoms with Gasteiger partial charge in [-0.15, -0.1) is 0 Å². The quantitative estimate of drug-likeness (QED) is 0.487. The van der Waals surface area contributed by atoms with Gasteiger partial charge in [0.2, 0.25) is 0 Å². The fourth-order valence-corrected chi connectivity index (χ4v) is 2.49. The molecule has 0 bridgehead atoms. The lowest BCUT2D eigenvalue weighted by Gasteiger charge is -2.07. The summed E-state index contributed by atoms with van der Waals surface area (Å²) in [6.45, 7) is 2.00. The topological polar surface area (TPSA) is 52.3 Å². The van der Waals surface area contributed by atoms with Crippen LogP contribution in [-0.2, 0) is 17.6 Å². The summed E-state index contributed by atoms with van der Waals surface area (Å²) in [5, 5.41) is 0. The molecule has 2 aromatic carbocycles. The Bertz CT molecular complexity index is 873. The van der Waals surface area contributed by atoms with Crippen molar-refractivity contribution in [3.63, 3.8) is 0 Å². The van der Waals surface area contributed by atoms with E-state index in [1.54, 1.807) is 24.3 Å². The highest BCUT2D eigenvalue weighted by atomic mass is 19.1. The number of oxazole rings is 1. The number of hydrogen-bond donors (Lipinski definition) is 0. The average molecular weight is 339 g/mol. The molecule has 5 heteroatoms. The van der Waals surface area contributed by atoms with E-state index in [0.29, 0.717) is 29.4 Å². The molecule has 0 amide bonds. The maximum atomic E-state index is 13.8. The molecule has 0 radical (unpaired) electrons. The number of benzene rings is 2. The molecule has 0 saturated carbocycles. The Morgan fingerprint density at radius 2 is 1.92 bits per heavy atom. The Balaban J connectivity index is 1.61. The lowest BCUT2D eigenvalue weighted by atomic mass is 10.1. The van der Waals surface area contributed by atoms with E-state index in [1.165, 1.54) is 12.3 Å². The monoisotopic (exact) mass is 339 g/mol. The lowest BCUT2D eigenvalue weighted by molar-refractivity contribution is -0.134. The molecule has 0 aliphatic rings. The molecule has 4 nitrogen and oxygen atoms in total. The largest absolute Gasteiger partial charge is 0.441 e. The molecule has 1 heterocycles. The van der Waals surface area contributed by atoms with E-state index >= 15 is 0 Å². The minimum atomic E-state index is -0.374. The maximum absolute atomic E-state index is 13.8. The van der Waals surface area contributed by atoms with E-state index in [9.17, 15) is 9.18 Å². The van der Waals surface area contributed by atoms with E-state index < -0.39 is 0 Å². The Kier molecular flexibility index (Phi) is 5.23. The van der Waals surface area contributed by atoms with Crippen LogP contribution in [0.3, 0.4) is 0 Å². The number of carbonyl (C=O) groups excluding carboxylic acids is 1. The third kappa shape index (κ3) is 4.12.